The molecule has 0 fully saturated rings. The Bertz CT molecular complexity index is 1490. The van der Waals surface area contributed by atoms with E-state index in [0.717, 1.165) is 31.2 Å². The molecule has 0 saturated heterocycles. The predicted molar refractivity (Wildman–Crippen MR) is 198 cm³/mol. The molecule has 0 bridgehead atoms. The molecule has 48 heavy (non-hydrogen) atoms. The van der Waals surface area contributed by atoms with Gasteiger partial charge in [0.25, 0.3) is 17.7 Å². The van der Waals surface area contributed by atoms with Crippen molar-refractivity contribution in [3.05, 3.63) is 106 Å². The predicted octanol–water partition coefficient (Wildman–Crippen LogP) is 6.95. The highest BCUT2D eigenvalue weighted by atomic mass is 16.2. The molecule has 0 aliphatic rings. The molecule has 0 radical (unpaired) electrons. The first-order valence-electron chi connectivity index (χ1n) is 17.7. The molecule has 0 aromatic heterocycles. The Morgan fingerprint density at radius 3 is 1.29 bits per heavy atom. The van der Waals surface area contributed by atoms with Crippen LogP contribution in [-0.2, 0) is 19.3 Å². The third-order valence-electron chi connectivity index (χ3n) is 9.15. The van der Waals surface area contributed by atoms with Crippen molar-refractivity contribution in [1.29, 1.82) is 0 Å². The number of likely N-dealkylation sites (N-methyl/N-ethyl adjacent to an activating group) is 3. The van der Waals surface area contributed by atoms with Crippen LogP contribution in [0.3, 0.4) is 0 Å². The molecule has 3 aromatic carbocycles. The quantitative estimate of drug-likeness (QED) is 0.149. The second kappa shape index (κ2) is 19.1. The molecular weight excluding hydrogens is 596 g/mol. The van der Waals surface area contributed by atoms with Gasteiger partial charge in [0, 0.05) is 77.1 Å². The van der Waals surface area contributed by atoms with Crippen molar-refractivity contribution in [3.8, 4) is 0 Å². The summed E-state index contributed by atoms with van der Waals surface area (Å²) in [5.41, 5.74) is 5.58. The summed E-state index contributed by atoms with van der Waals surface area (Å²) >= 11 is 0. The Morgan fingerprint density at radius 1 is 0.542 bits per heavy atom. The van der Waals surface area contributed by atoms with Gasteiger partial charge in [0.15, 0.2) is 0 Å². The fourth-order valence-corrected chi connectivity index (χ4v) is 5.78. The highest BCUT2D eigenvalue weighted by molar-refractivity contribution is 5.95. The molecule has 0 aliphatic carbocycles. The Labute approximate surface area is 289 Å². The lowest BCUT2D eigenvalue weighted by Crippen LogP contribution is -2.44. The van der Waals surface area contributed by atoms with Gasteiger partial charge >= 0.3 is 0 Å². The average molecular weight is 655 g/mol. The molecule has 260 valence electrons. The summed E-state index contributed by atoms with van der Waals surface area (Å²) < 4.78 is 0. The third kappa shape index (κ3) is 11.9. The fourth-order valence-electron chi connectivity index (χ4n) is 5.78. The summed E-state index contributed by atoms with van der Waals surface area (Å²) in [6.07, 6.45) is 3.87. The number of amides is 3. The first-order chi connectivity index (χ1) is 22.9. The lowest BCUT2D eigenvalue weighted by atomic mass is 9.97. The van der Waals surface area contributed by atoms with E-state index in [1.165, 1.54) is 11.1 Å². The summed E-state index contributed by atoms with van der Waals surface area (Å²) in [4.78, 5) is 47.6. The molecule has 3 aromatic rings. The Hall–Kier alpha value is -3.97. The van der Waals surface area contributed by atoms with E-state index in [9.17, 15) is 14.4 Å². The standard InChI is InChI=1S/C41H58N4O3/c1-9-32(5)27-35-16-13-19-38(30-35)41(48)44(8)22-25-45(23-20-42(6)39(46)36-17-11-14-33(10-2)28-36)24-21-43(7)40(47)37-18-12-15-34(29-37)26-31(3)4/h11-19,28-32H,9-10,20-27H2,1-8H3. The maximum absolute atomic E-state index is 13.4. The summed E-state index contributed by atoms with van der Waals surface area (Å²) in [6.45, 7) is 14.3. The molecule has 0 heterocycles. The van der Waals surface area contributed by atoms with Crippen molar-refractivity contribution < 1.29 is 14.4 Å². The lowest BCUT2D eigenvalue weighted by Gasteiger charge is -2.29. The monoisotopic (exact) mass is 654 g/mol. The first kappa shape index (κ1) is 38.5. The number of hydrogen-bond donors (Lipinski definition) is 0. The van der Waals surface area contributed by atoms with Gasteiger partial charge in [-0.25, -0.2) is 0 Å². The van der Waals surface area contributed by atoms with E-state index >= 15 is 0 Å². The van der Waals surface area contributed by atoms with E-state index in [2.05, 4.69) is 51.7 Å². The van der Waals surface area contributed by atoms with Gasteiger partial charge in [-0.05, 0) is 84.2 Å². The minimum absolute atomic E-state index is 0.00220. The molecule has 3 amide bonds. The fraction of sp³-hybridized carbons (Fsp3) is 0.488. The summed E-state index contributed by atoms with van der Waals surface area (Å²) in [5, 5.41) is 0. The van der Waals surface area contributed by atoms with E-state index in [4.69, 9.17) is 0 Å². The van der Waals surface area contributed by atoms with Crippen LogP contribution in [0.15, 0.2) is 72.8 Å². The van der Waals surface area contributed by atoms with Crippen LogP contribution in [0, 0.1) is 11.8 Å². The van der Waals surface area contributed by atoms with Gasteiger partial charge in [0.2, 0.25) is 0 Å². The number of carbonyl (C=O) groups is 3. The zero-order valence-electron chi connectivity index (χ0n) is 30.7. The van der Waals surface area contributed by atoms with Gasteiger partial charge in [-0.15, -0.1) is 0 Å². The normalized spacial score (nSPS) is 11.9. The third-order valence-corrected chi connectivity index (χ3v) is 9.15. The van der Waals surface area contributed by atoms with Crippen molar-refractivity contribution in [3.63, 3.8) is 0 Å². The van der Waals surface area contributed by atoms with Crippen LogP contribution >= 0.6 is 0 Å². The molecule has 3 rings (SSSR count). The summed E-state index contributed by atoms with van der Waals surface area (Å²) in [6, 6.07) is 23.7. The molecule has 1 unspecified atom stereocenters. The van der Waals surface area contributed by atoms with E-state index in [0.29, 0.717) is 67.8 Å². The highest BCUT2D eigenvalue weighted by Gasteiger charge is 2.19. The van der Waals surface area contributed by atoms with Gasteiger partial charge in [-0.3, -0.25) is 19.3 Å². The van der Waals surface area contributed by atoms with Crippen molar-refractivity contribution >= 4 is 17.7 Å². The van der Waals surface area contributed by atoms with Crippen LogP contribution in [0.2, 0.25) is 0 Å². The molecular formula is C41H58N4O3. The minimum Gasteiger partial charge on any atom is -0.340 e. The number of nitrogens with zero attached hydrogens (tertiary/aromatic N) is 4. The number of rotatable bonds is 18. The van der Waals surface area contributed by atoms with Gasteiger partial charge < -0.3 is 14.7 Å². The molecule has 7 heteroatoms. The van der Waals surface area contributed by atoms with Crippen LogP contribution in [0.4, 0.5) is 0 Å². The lowest BCUT2D eigenvalue weighted by molar-refractivity contribution is 0.0736. The molecule has 1 atom stereocenters. The molecule has 0 N–H and O–H groups in total. The Kier molecular flexibility index (Phi) is 15.3. The highest BCUT2D eigenvalue weighted by Crippen LogP contribution is 2.15. The first-order valence-corrected chi connectivity index (χ1v) is 17.7. The maximum atomic E-state index is 13.4. The second-order valence-corrected chi connectivity index (χ2v) is 13.8. The molecule has 7 nitrogen and oxygen atoms in total. The van der Waals surface area contributed by atoms with Crippen LogP contribution < -0.4 is 0 Å². The van der Waals surface area contributed by atoms with Gasteiger partial charge in [-0.2, -0.15) is 0 Å². The number of carbonyl (C=O) groups excluding carboxylic acids is 3. The van der Waals surface area contributed by atoms with E-state index < -0.39 is 0 Å². The topological polar surface area (TPSA) is 64.2 Å². The number of hydrogen-bond acceptors (Lipinski definition) is 4. The van der Waals surface area contributed by atoms with Crippen LogP contribution in [0.25, 0.3) is 0 Å². The zero-order chi connectivity index (χ0) is 35.2. The number of benzene rings is 3. The van der Waals surface area contributed by atoms with Crippen molar-refractivity contribution in [1.82, 2.24) is 19.6 Å². The van der Waals surface area contributed by atoms with E-state index in [1.54, 1.807) is 14.7 Å². The summed E-state index contributed by atoms with van der Waals surface area (Å²) in [5.74, 6) is 1.06. The Morgan fingerprint density at radius 2 is 0.917 bits per heavy atom. The van der Waals surface area contributed by atoms with Crippen LogP contribution in [0.5, 0.6) is 0 Å². The van der Waals surface area contributed by atoms with E-state index in [1.807, 2.05) is 81.8 Å². The zero-order valence-corrected chi connectivity index (χ0v) is 30.7. The summed E-state index contributed by atoms with van der Waals surface area (Å²) in [7, 11) is 5.52. The number of aryl methyl sites for hydroxylation is 1. The van der Waals surface area contributed by atoms with E-state index in [-0.39, 0.29) is 17.7 Å². The largest absolute Gasteiger partial charge is 0.340 e. The van der Waals surface area contributed by atoms with Crippen molar-refractivity contribution in [2.24, 2.45) is 11.8 Å². The van der Waals surface area contributed by atoms with Gasteiger partial charge in [0.1, 0.15) is 0 Å². The molecule has 0 saturated carbocycles. The van der Waals surface area contributed by atoms with Gasteiger partial charge in [-0.1, -0.05) is 77.4 Å². The smallest absolute Gasteiger partial charge is 0.253 e. The maximum Gasteiger partial charge on any atom is 0.253 e. The second-order valence-electron chi connectivity index (χ2n) is 13.8. The molecule has 0 aliphatic heterocycles. The Balaban J connectivity index is 1.68. The SMILES string of the molecule is CCc1cccc(C(=O)N(C)CCN(CCN(C)C(=O)c2cccc(CC(C)C)c2)CCN(C)C(=O)c2cccc(CC(C)CC)c2)c1. The van der Waals surface area contributed by atoms with Crippen molar-refractivity contribution in [2.75, 3.05) is 60.4 Å². The van der Waals surface area contributed by atoms with Gasteiger partial charge in [0.05, 0.1) is 0 Å². The van der Waals surface area contributed by atoms with Crippen LogP contribution in [0.1, 0.15) is 88.8 Å². The van der Waals surface area contributed by atoms with Crippen molar-refractivity contribution in [2.45, 2.75) is 60.3 Å². The van der Waals surface area contributed by atoms with Crippen LogP contribution in [-0.4, -0.2) is 97.7 Å². The minimum atomic E-state index is -0.0107. The molecule has 0 spiro atoms. The average Bonchev–Trinajstić information content (AvgIpc) is 3.09.